The Bertz CT molecular complexity index is 1290. The Morgan fingerprint density at radius 3 is 2.59 bits per heavy atom. The van der Waals surface area contributed by atoms with Crippen molar-refractivity contribution in [3.8, 4) is 0 Å². The van der Waals surface area contributed by atoms with Gasteiger partial charge in [-0.05, 0) is 56.9 Å². The SMILES string of the molecule is C[C@@H]1CC[C@@H](Nc2ncc3nc(Nc4c(F)cc(F)cc4Cl)n(C4CCC(C(N)=O)CC4)c3n2)C[C@H]1O. The third-order valence-electron chi connectivity index (χ3n) is 7.63. The lowest BCUT2D eigenvalue weighted by molar-refractivity contribution is -0.122. The summed E-state index contributed by atoms with van der Waals surface area (Å²) in [5, 5.41) is 16.4. The van der Waals surface area contributed by atoms with Gasteiger partial charge in [-0.1, -0.05) is 18.5 Å². The molecule has 37 heavy (non-hydrogen) atoms. The smallest absolute Gasteiger partial charge is 0.224 e. The molecule has 0 unspecified atom stereocenters. The molecule has 1 aromatic carbocycles. The number of halogens is 3. The topological polar surface area (TPSA) is 131 Å². The molecule has 5 N–H and O–H groups in total. The fraction of sp³-hybridized carbons (Fsp3) is 0.520. The normalized spacial score (nSPS) is 26.2. The second-order valence-electron chi connectivity index (χ2n) is 10.2. The number of nitrogens with one attached hydrogen (secondary N) is 2. The van der Waals surface area contributed by atoms with E-state index in [-0.39, 0.29) is 46.6 Å². The third kappa shape index (κ3) is 5.33. The number of carbonyl (C=O) groups is 1. The van der Waals surface area contributed by atoms with Crippen LogP contribution < -0.4 is 16.4 Å². The summed E-state index contributed by atoms with van der Waals surface area (Å²) in [4.78, 5) is 25.5. The van der Waals surface area contributed by atoms with Gasteiger partial charge in [0, 0.05) is 24.1 Å². The fourth-order valence-corrected chi connectivity index (χ4v) is 5.64. The van der Waals surface area contributed by atoms with Gasteiger partial charge < -0.3 is 21.5 Å². The first-order chi connectivity index (χ1) is 17.7. The number of aliphatic hydroxyl groups excluding tert-OH is 1. The minimum atomic E-state index is -0.848. The van der Waals surface area contributed by atoms with E-state index in [4.69, 9.17) is 22.3 Å². The highest BCUT2D eigenvalue weighted by Crippen LogP contribution is 2.38. The molecule has 1 amide bonds. The number of benzene rings is 1. The molecule has 2 aliphatic rings. The van der Waals surface area contributed by atoms with Gasteiger partial charge in [-0.25, -0.2) is 18.7 Å². The van der Waals surface area contributed by atoms with Gasteiger partial charge in [-0.2, -0.15) is 4.98 Å². The Morgan fingerprint density at radius 2 is 1.92 bits per heavy atom. The van der Waals surface area contributed by atoms with Gasteiger partial charge in [0.2, 0.25) is 17.8 Å². The second kappa shape index (κ2) is 10.4. The molecule has 2 saturated carbocycles. The summed E-state index contributed by atoms with van der Waals surface area (Å²) >= 11 is 6.14. The Morgan fingerprint density at radius 1 is 1.16 bits per heavy atom. The van der Waals surface area contributed by atoms with Gasteiger partial charge >= 0.3 is 0 Å². The van der Waals surface area contributed by atoms with E-state index in [0.717, 1.165) is 25.0 Å². The molecule has 198 valence electrons. The van der Waals surface area contributed by atoms with Gasteiger partial charge in [-0.15, -0.1) is 0 Å². The van der Waals surface area contributed by atoms with Crippen molar-refractivity contribution in [1.29, 1.82) is 0 Å². The average molecular weight is 534 g/mol. The molecule has 2 aromatic heterocycles. The van der Waals surface area contributed by atoms with E-state index in [9.17, 15) is 18.7 Å². The molecule has 9 nitrogen and oxygen atoms in total. The minimum Gasteiger partial charge on any atom is -0.393 e. The summed E-state index contributed by atoms with van der Waals surface area (Å²) in [6.07, 6.45) is 6.12. The maximum Gasteiger partial charge on any atom is 0.224 e. The first kappa shape index (κ1) is 25.6. The average Bonchev–Trinajstić information content (AvgIpc) is 3.21. The van der Waals surface area contributed by atoms with Gasteiger partial charge in [0.1, 0.15) is 11.3 Å². The van der Waals surface area contributed by atoms with Crippen molar-refractivity contribution in [1.82, 2.24) is 19.5 Å². The zero-order valence-corrected chi connectivity index (χ0v) is 21.2. The number of carbonyl (C=O) groups excluding carboxylic acids is 1. The molecular weight excluding hydrogens is 504 g/mol. The number of imidazole rings is 1. The molecule has 2 aliphatic carbocycles. The lowest BCUT2D eigenvalue weighted by Crippen LogP contribution is -2.35. The zero-order valence-electron chi connectivity index (χ0n) is 20.4. The number of aromatic nitrogens is 4. The van der Waals surface area contributed by atoms with Crippen molar-refractivity contribution < 1.29 is 18.7 Å². The maximum absolute atomic E-state index is 14.6. The van der Waals surface area contributed by atoms with Crippen LogP contribution in [-0.2, 0) is 4.79 Å². The zero-order chi connectivity index (χ0) is 26.3. The predicted octanol–water partition coefficient (Wildman–Crippen LogP) is 4.68. The fourth-order valence-electron chi connectivity index (χ4n) is 5.40. The van der Waals surface area contributed by atoms with E-state index >= 15 is 0 Å². The van der Waals surface area contributed by atoms with Gasteiger partial charge in [0.15, 0.2) is 11.5 Å². The number of hydrogen-bond acceptors (Lipinski definition) is 7. The second-order valence-corrected chi connectivity index (χ2v) is 10.6. The van der Waals surface area contributed by atoms with Gasteiger partial charge in [0.05, 0.1) is 23.0 Å². The van der Waals surface area contributed by atoms with Crippen LogP contribution in [-0.4, -0.2) is 42.7 Å². The Kier molecular flexibility index (Phi) is 7.17. The van der Waals surface area contributed by atoms with E-state index < -0.39 is 11.6 Å². The number of nitrogens with two attached hydrogens (primary N) is 1. The lowest BCUT2D eigenvalue weighted by atomic mass is 9.85. The van der Waals surface area contributed by atoms with Crippen molar-refractivity contribution in [2.45, 2.75) is 70.1 Å². The van der Waals surface area contributed by atoms with E-state index in [0.29, 0.717) is 55.2 Å². The number of primary amides is 1. The molecule has 0 aliphatic heterocycles. The summed E-state index contributed by atoms with van der Waals surface area (Å²) in [6, 6.07) is 1.72. The standard InChI is InChI=1S/C25H30ClF2N7O2/c1-12-2-5-15(10-20(12)36)31-24-30-11-19-23(34-24)35(16-6-3-13(4-7-16)22(29)37)25(32-19)33-21-17(26)8-14(27)9-18(21)28/h8-9,11-13,15-16,20,36H,2-7,10H2,1H3,(H2,29,37)(H,32,33)(H,30,31,34)/t12-,13?,15-,16?,20-/m1/s1. The van der Waals surface area contributed by atoms with Crippen LogP contribution in [0.2, 0.25) is 5.02 Å². The number of anilines is 3. The highest BCUT2D eigenvalue weighted by molar-refractivity contribution is 6.33. The summed E-state index contributed by atoms with van der Waals surface area (Å²) in [6.45, 7) is 2.04. The van der Waals surface area contributed by atoms with Crippen molar-refractivity contribution >= 4 is 46.3 Å². The van der Waals surface area contributed by atoms with E-state index in [2.05, 4.69) is 20.6 Å². The van der Waals surface area contributed by atoms with Gasteiger partial charge in [0.25, 0.3) is 0 Å². The molecule has 0 radical (unpaired) electrons. The highest BCUT2D eigenvalue weighted by atomic mass is 35.5. The van der Waals surface area contributed by atoms with Crippen LogP contribution in [0.5, 0.6) is 0 Å². The molecular formula is C25H30ClF2N7O2. The van der Waals surface area contributed by atoms with Crippen molar-refractivity contribution in [2.24, 2.45) is 17.6 Å². The third-order valence-corrected chi connectivity index (χ3v) is 7.93. The summed E-state index contributed by atoms with van der Waals surface area (Å²) < 4.78 is 30.1. The molecule has 0 saturated heterocycles. The first-order valence-corrected chi connectivity index (χ1v) is 13.0. The van der Waals surface area contributed by atoms with Crippen LogP contribution >= 0.6 is 11.6 Å². The lowest BCUT2D eigenvalue weighted by Gasteiger charge is -2.31. The molecule has 3 atom stereocenters. The Hall–Kier alpha value is -3.05. The van der Waals surface area contributed by atoms with Crippen molar-refractivity contribution in [3.63, 3.8) is 0 Å². The monoisotopic (exact) mass is 533 g/mol. The molecule has 0 spiro atoms. The van der Waals surface area contributed by atoms with Crippen LogP contribution in [0.15, 0.2) is 18.3 Å². The number of aliphatic hydroxyl groups is 1. The van der Waals surface area contributed by atoms with Crippen LogP contribution in [0, 0.1) is 23.5 Å². The van der Waals surface area contributed by atoms with Crippen LogP contribution in [0.1, 0.15) is 57.9 Å². The Labute approximate surface area is 217 Å². The molecule has 0 bridgehead atoms. The van der Waals surface area contributed by atoms with Crippen LogP contribution in [0.3, 0.4) is 0 Å². The van der Waals surface area contributed by atoms with E-state index in [1.165, 1.54) is 0 Å². The van der Waals surface area contributed by atoms with Crippen molar-refractivity contribution in [3.05, 3.63) is 35.0 Å². The van der Waals surface area contributed by atoms with Crippen molar-refractivity contribution in [2.75, 3.05) is 10.6 Å². The van der Waals surface area contributed by atoms with Crippen LogP contribution in [0.25, 0.3) is 11.2 Å². The molecule has 3 aromatic rings. The van der Waals surface area contributed by atoms with E-state index in [1.54, 1.807) is 6.20 Å². The largest absolute Gasteiger partial charge is 0.393 e. The molecule has 12 heteroatoms. The summed E-state index contributed by atoms with van der Waals surface area (Å²) in [7, 11) is 0. The Balaban J connectivity index is 1.50. The first-order valence-electron chi connectivity index (χ1n) is 12.6. The molecule has 2 fully saturated rings. The van der Waals surface area contributed by atoms with Crippen LogP contribution in [0.4, 0.5) is 26.4 Å². The number of amides is 1. The number of rotatable bonds is 6. The number of fused-ring (bicyclic) bond motifs is 1. The molecule has 5 rings (SSSR count). The highest BCUT2D eigenvalue weighted by Gasteiger charge is 2.30. The maximum atomic E-state index is 14.6. The molecule has 2 heterocycles. The van der Waals surface area contributed by atoms with E-state index in [1.807, 2.05) is 11.5 Å². The summed E-state index contributed by atoms with van der Waals surface area (Å²) in [5.74, 6) is -1.19. The number of nitrogens with zero attached hydrogens (tertiary/aromatic N) is 4. The minimum absolute atomic E-state index is 0.0377. The van der Waals surface area contributed by atoms with Gasteiger partial charge in [-0.3, -0.25) is 9.36 Å². The predicted molar refractivity (Wildman–Crippen MR) is 137 cm³/mol. The quantitative estimate of drug-likeness (QED) is 0.362. The summed E-state index contributed by atoms with van der Waals surface area (Å²) in [5.41, 5.74) is 6.45. The number of hydrogen-bond donors (Lipinski definition) is 4.